The molecular formula is C8H12F3N7O. The Hall–Kier alpha value is -2.30. The molecule has 0 saturated carbocycles. The van der Waals surface area contributed by atoms with Crippen LogP contribution in [0.25, 0.3) is 0 Å². The molecule has 0 aliphatic carbocycles. The molecule has 1 aromatic heterocycles. The normalized spacial score (nSPS) is 10.9. The van der Waals surface area contributed by atoms with Gasteiger partial charge in [0, 0.05) is 19.2 Å². The standard InChI is InChI=1S/C8H12F3N7O/c9-8(10,11)6-16-4(3-5(17-6)18-13)14-1-2-15-7(12)19/h3H,1-2,13H2,(H3,12,15,19)(H2,14,16,17,18). The van der Waals surface area contributed by atoms with E-state index in [-0.39, 0.29) is 24.7 Å². The van der Waals surface area contributed by atoms with E-state index in [1.807, 2.05) is 5.43 Å². The summed E-state index contributed by atoms with van der Waals surface area (Å²) in [5.74, 6) is 3.42. The summed E-state index contributed by atoms with van der Waals surface area (Å²) in [6, 6.07) is 0.462. The number of amides is 2. The number of carbonyl (C=O) groups is 1. The molecule has 19 heavy (non-hydrogen) atoms. The van der Waals surface area contributed by atoms with Gasteiger partial charge in [-0.3, -0.25) is 0 Å². The molecule has 1 aromatic rings. The highest BCUT2D eigenvalue weighted by molar-refractivity contribution is 5.71. The number of carbonyl (C=O) groups excluding carboxylic acids is 1. The first-order valence-electron chi connectivity index (χ1n) is 5.03. The number of anilines is 2. The van der Waals surface area contributed by atoms with Crippen LogP contribution in [0.3, 0.4) is 0 Å². The Kier molecular flexibility index (Phi) is 4.69. The Morgan fingerprint density at radius 3 is 2.42 bits per heavy atom. The Labute approximate surface area is 105 Å². The molecule has 0 radical (unpaired) electrons. The summed E-state index contributed by atoms with van der Waals surface area (Å²) < 4.78 is 37.5. The first kappa shape index (κ1) is 14.8. The molecule has 11 heteroatoms. The first-order chi connectivity index (χ1) is 8.82. The lowest BCUT2D eigenvalue weighted by molar-refractivity contribution is -0.144. The minimum atomic E-state index is -4.69. The number of nitrogen functional groups attached to an aromatic ring is 1. The van der Waals surface area contributed by atoms with Crippen molar-refractivity contribution in [3.05, 3.63) is 11.9 Å². The zero-order valence-corrected chi connectivity index (χ0v) is 9.58. The number of hydrazine groups is 1. The van der Waals surface area contributed by atoms with Gasteiger partial charge in [-0.15, -0.1) is 0 Å². The predicted molar refractivity (Wildman–Crippen MR) is 60.9 cm³/mol. The highest BCUT2D eigenvalue weighted by Crippen LogP contribution is 2.27. The fourth-order valence-corrected chi connectivity index (χ4v) is 1.11. The van der Waals surface area contributed by atoms with E-state index < -0.39 is 18.0 Å². The third-order valence-corrected chi connectivity index (χ3v) is 1.86. The Morgan fingerprint density at radius 1 is 1.26 bits per heavy atom. The van der Waals surface area contributed by atoms with Crippen molar-refractivity contribution in [2.75, 3.05) is 23.8 Å². The van der Waals surface area contributed by atoms with E-state index in [0.717, 1.165) is 0 Å². The van der Waals surface area contributed by atoms with Crippen LogP contribution in [-0.2, 0) is 6.18 Å². The number of nitrogens with zero attached hydrogens (tertiary/aromatic N) is 2. The maximum Gasteiger partial charge on any atom is 0.451 e. The Morgan fingerprint density at radius 2 is 1.89 bits per heavy atom. The van der Waals surface area contributed by atoms with Crippen LogP contribution >= 0.6 is 0 Å². The van der Waals surface area contributed by atoms with E-state index in [4.69, 9.17) is 11.6 Å². The zero-order valence-electron chi connectivity index (χ0n) is 9.58. The van der Waals surface area contributed by atoms with Gasteiger partial charge in [-0.05, 0) is 0 Å². The summed E-state index contributed by atoms with van der Waals surface area (Å²) in [5, 5.41) is 4.83. The van der Waals surface area contributed by atoms with Crippen LogP contribution in [0.1, 0.15) is 5.82 Å². The average molecular weight is 279 g/mol. The molecule has 0 saturated heterocycles. The number of hydrogen-bond donors (Lipinski definition) is 5. The van der Waals surface area contributed by atoms with Gasteiger partial charge in [0.1, 0.15) is 11.6 Å². The maximum absolute atomic E-state index is 12.5. The van der Waals surface area contributed by atoms with Crippen LogP contribution in [0.5, 0.6) is 0 Å². The van der Waals surface area contributed by atoms with Crippen molar-refractivity contribution < 1.29 is 18.0 Å². The minimum Gasteiger partial charge on any atom is -0.368 e. The topological polar surface area (TPSA) is 131 Å². The molecule has 2 amide bonds. The summed E-state index contributed by atoms with van der Waals surface area (Å²) in [6.45, 7) is 0.271. The number of hydrogen-bond acceptors (Lipinski definition) is 6. The second-order valence-corrected chi connectivity index (χ2v) is 3.32. The van der Waals surface area contributed by atoms with Crippen molar-refractivity contribution in [2.45, 2.75) is 6.18 Å². The molecular weight excluding hydrogens is 267 g/mol. The molecule has 0 unspecified atom stereocenters. The van der Waals surface area contributed by atoms with Crippen LogP contribution in [0.4, 0.5) is 29.6 Å². The van der Waals surface area contributed by atoms with Gasteiger partial charge in [-0.2, -0.15) is 13.2 Å². The van der Waals surface area contributed by atoms with Gasteiger partial charge < -0.3 is 21.8 Å². The first-order valence-corrected chi connectivity index (χ1v) is 5.03. The van der Waals surface area contributed by atoms with E-state index in [1.54, 1.807) is 0 Å². The molecule has 8 nitrogen and oxygen atoms in total. The number of nitrogens with one attached hydrogen (secondary N) is 3. The van der Waals surface area contributed by atoms with Crippen molar-refractivity contribution >= 4 is 17.7 Å². The van der Waals surface area contributed by atoms with Crippen molar-refractivity contribution in [3.63, 3.8) is 0 Å². The van der Waals surface area contributed by atoms with E-state index in [0.29, 0.717) is 0 Å². The molecule has 0 atom stereocenters. The maximum atomic E-state index is 12.5. The summed E-state index contributed by atoms with van der Waals surface area (Å²) in [6.07, 6.45) is -4.69. The zero-order chi connectivity index (χ0) is 14.5. The molecule has 106 valence electrons. The highest BCUT2D eigenvalue weighted by atomic mass is 19.4. The van der Waals surface area contributed by atoms with Gasteiger partial charge in [-0.1, -0.05) is 0 Å². The number of rotatable bonds is 5. The number of aromatic nitrogens is 2. The lowest BCUT2D eigenvalue weighted by atomic mass is 10.4. The van der Waals surface area contributed by atoms with E-state index in [2.05, 4.69) is 20.6 Å². The summed E-state index contributed by atoms with van der Waals surface area (Å²) in [4.78, 5) is 16.8. The van der Waals surface area contributed by atoms with Gasteiger partial charge >= 0.3 is 12.2 Å². The average Bonchev–Trinajstić information content (AvgIpc) is 2.33. The molecule has 0 aliphatic heterocycles. The fraction of sp³-hybridized carbons (Fsp3) is 0.375. The molecule has 0 aromatic carbocycles. The van der Waals surface area contributed by atoms with Crippen LogP contribution in [0.2, 0.25) is 0 Å². The van der Waals surface area contributed by atoms with Crippen LogP contribution in [0.15, 0.2) is 6.07 Å². The lowest BCUT2D eigenvalue weighted by Gasteiger charge is -2.11. The van der Waals surface area contributed by atoms with Gasteiger partial charge in [0.15, 0.2) is 0 Å². The Balaban J connectivity index is 2.74. The highest BCUT2D eigenvalue weighted by Gasteiger charge is 2.35. The number of alkyl halides is 3. The van der Waals surface area contributed by atoms with Crippen LogP contribution < -0.4 is 27.6 Å². The number of nitrogens with two attached hydrogens (primary N) is 2. The fourth-order valence-electron chi connectivity index (χ4n) is 1.11. The van der Waals surface area contributed by atoms with Gasteiger partial charge in [0.2, 0.25) is 5.82 Å². The summed E-state index contributed by atoms with van der Waals surface area (Å²) in [5.41, 5.74) is 6.83. The van der Waals surface area contributed by atoms with Gasteiger partial charge in [-0.25, -0.2) is 20.6 Å². The SMILES string of the molecule is NNc1cc(NCCNC(N)=O)nc(C(F)(F)F)n1. The van der Waals surface area contributed by atoms with Gasteiger partial charge in [0.25, 0.3) is 0 Å². The quantitative estimate of drug-likeness (QED) is 0.290. The molecule has 7 N–H and O–H groups in total. The van der Waals surface area contributed by atoms with Crippen molar-refractivity contribution in [1.29, 1.82) is 0 Å². The molecule has 0 bridgehead atoms. The third kappa shape index (κ3) is 4.83. The molecule has 1 heterocycles. The summed E-state index contributed by atoms with van der Waals surface area (Å²) >= 11 is 0. The van der Waals surface area contributed by atoms with Crippen LogP contribution in [0, 0.1) is 0 Å². The number of urea groups is 1. The molecule has 0 spiro atoms. The second-order valence-electron chi connectivity index (χ2n) is 3.32. The van der Waals surface area contributed by atoms with E-state index in [9.17, 15) is 18.0 Å². The monoisotopic (exact) mass is 279 g/mol. The third-order valence-electron chi connectivity index (χ3n) is 1.86. The van der Waals surface area contributed by atoms with E-state index >= 15 is 0 Å². The van der Waals surface area contributed by atoms with Crippen LogP contribution in [-0.4, -0.2) is 29.1 Å². The minimum absolute atomic E-state index is 0.0819. The number of halogens is 3. The lowest BCUT2D eigenvalue weighted by Crippen LogP contribution is -2.33. The Bertz CT molecular complexity index is 450. The predicted octanol–water partition coefficient (Wildman–Crippen LogP) is -0.139. The van der Waals surface area contributed by atoms with Crippen molar-refractivity contribution in [3.8, 4) is 0 Å². The van der Waals surface area contributed by atoms with Gasteiger partial charge in [0.05, 0.1) is 0 Å². The van der Waals surface area contributed by atoms with Crippen molar-refractivity contribution in [1.82, 2.24) is 15.3 Å². The van der Waals surface area contributed by atoms with Crippen molar-refractivity contribution in [2.24, 2.45) is 11.6 Å². The largest absolute Gasteiger partial charge is 0.451 e. The second kappa shape index (κ2) is 6.04. The molecule has 0 fully saturated rings. The summed E-state index contributed by atoms with van der Waals surface area (Å²) in [7, 11) is 0. The number of primary amides is 1. The molecule has 1 rings (SSSR count). The van der Waals surface area contributed by atoms with E-state index in [1.165, 1.54) is 6.07 Å². The molecule has 0 aliphatic rings. The smallest absolute Gasteiger partial charge is 0.368 e.